The van der Waals surface area contributed by atoms with Crippen molar-refractivity contribution in [3.63, 3.8) is 0 Å². The molecule has 1 N–H and O–H groups in total. The molecule has 1 aromatic carbocycles. The Morgan fingerprint density at radius 1 is 1.30 bits per heavy atom. The molecule has 0 unspecified atom stereocenters. The van der Waals surface area contributed by atoms with Crippen molar-refractivity contribution in [2.24, 2.45) is 0 Å². The van der Waals surface area contributed by atoms with E-state index in [-0.39, 0.29) is 11.9 Å². The molecule has 1 aromatic heterocycles. The number of nitriles is 1. The summed E-state index contributed by atoms with van der Waals surface area (Å²) in [5.41, 5.74) is 2.18. The molecule has 0 saturated heterocycles. The summed E-state index contributed by atoms with van der Waals surface area (Å²) in [6.45, 7) is 3.80. The minimum atomic E-state index is -0.318. The molecule has 1 amide bonds. The third kappa shape index (κ3) is 3.01. The number of hydrogen-bond donors (Lipinski definition) is 1. The van der Waals surface area contributed by atoms with Gasteiger partial charge >= 0.3 is 0 Å². The molecule has 100 valence electrons. The Bertz CT molecular complexity index is 673. The fourth-order valence-corrected chi connectivity index (χ4v) is 2.01. The lowest BCUT2D eigenvalue weighted by atomic mass is 10.2. The number of pyridine rings is 1. The zero-order chi connectivity index (χ0) is 14.5. The quantitative estimate of drug-likeness (QED) is 0.867. The van der Waals surface area contributed by atoms with E-state index in [1.54, 1.807) is 24.3 Å². The molecular weight excluding hydrogens is 250 g/mol. The standard InChI is InChI=1S/C16H15N3O/c1-12-6-3-4-9-19(12)13(2)16(20)18-15-8-5-7-14(10-15)11-17/h3-10,13H,1-2H3/p+1/t13-/m0/s1. The van der Waals surface area contributed by atoms with Gasteiger partial charge < -0.3 is 5.32 Å². The Labute approximate surface area is 118 Å². The molecule has 0 bridgehead atoms. The summed E-state index contributed by atoms with van der Waals surface area (Å²) >= 11 is 0. The molecule has 0 saturated carbocycles. The van der Waals surface area contributed by atoms with Gasteiger partial charge in [-0.05, 0) is 18.2 Å². The van der Waals surface area contributed by atoms with Crippen LogP contribution in [0.4, 0.5) is 5.69 Å². The predicted molar refractivity (Wildman–Crippen MR) is 75.9 cm³/mol. The maximum atomic E-state index is 12.2. The molecule has 0 aliphatic carbocycles. The van der Waals surface area contributed by atoms with E-state index in [9.17, 15) is 4.79 Å². The zero-order valence-electron chi connectivity index (χ0n) is 11.5. The highest BCUT2D eigenvalue weighted by molar-refractivity contribution is 5.92. The molecule has 4 nitrogen and oxygen atoms in total. The highest BCUT2D eigenvalue weighted by Gasteiger charge is 2.23. The summed E-state index contributed by atoms with van der Waals surface area (Å²) in [7, 11) is 0. The smallest absolute Gasteiger partial charge is 0.293 e. The number of rotatable bonds is 3. The van der Waals surface area contributed by atoms with Gasteiger partial charge in [0, 0.05) is 31.7 Å². The Kier molecular flexibility index (Phi) is 4.11. The van der Waals surface area contributed by atoms with Gasteiger partial charge in [-0.1, -0.05) is 12.1 Å². The van der Waals surface area contributed by atoms with E-state index in [0.29, 0.717) is 11.3 Å². The molecule has 2 rings (SSSR count). The van der Waals surface area contributed by atoms with Crippen LogP contribution in [0.2, 0.25) is 0 Å². The minimum absolute atomic E-state index is 0.112. The Hall–Kier alpha value is -2.67. The average Bonchev–Trinajstić information content (AvgIpc) is 2.47. The lowest BCUT2D eigenvalue weighted by molar-refractivity contribution is -0.711. The van der Waals surface area contributed by atoms with Crippen LogP contribution < -0.4 is 9.88 Å². The molecule has 4 heteroatoms. The summed E-state index contributed by atoms with van der Waals surface area (Å²) in [4.78, 5) is 12.2. The number of carbonyl (C=O) groups excluding carboxylic acids is 1. The van der Waals surface area contributed by atoms with Crippen molar-refractivity contribution in [3.8, 4) is 6.07 Å². The lowest BCUT2D eigenvalue weighted by Gasteiger charge is -2.10. The molecule has 20 heavy (non-hydrogen) atoms. The van der Waals surface area contributed by atoms with Gasteiger partial charge in [0.05, 0.1) is 11.6 Å². The molecule has 2 aromatic rings. The van der Waals surface area contributed by atoms with Crippen molar-refractivity contribution in [1.82, 2.24) is 0 Å². The Morgan fingerprint density at radius 2 is 2.10 bits per heavy atom. The topological polar surface area (TPSA) is 56.8 Å². The van der Waals surface area contributed by atoms with Crippen molar-refractivity contribution in [2.75, 3.05) is 5.32 Å². The van der Waals surface area contributed by atoms with Gasteiger partial charge in [0.1, 0.15) is 0 Å². The molecule has 1 atom stereocenters. The average molecular weight is 266 g/mol. The van der Waals surface area contributed by atoms with E-state index in [1.807, 2.05) is 42.8 Å². The van der Waals surface area contributed by atoms with E-state index in [0.717, 1.165) is 5.69 Å². The third-order valence-electron chi connectivity index (χ3n) is 3.16. The molecule has 0 fully saturated rings. The van der Waals surface area contributed by atoms with Gasteiger partial charge in [0.25, 0.3) is 5.91 Å². The highest BCUT2D eigenvalue weighted by Crippen LogP contribution is 2.11. The monoisotopic (exact) mass is 266 g/mol. The summed E-state index contributed by atoms with van der Waals surface area (Å²) < 4.78 is 1.91. The maximum Gasteiger partial charge on any atom is 0.293 e. The van der Waals surface area contributed by atoms with E-state index in [1.165, 1.54) is 0 Å². The summed E-state index contributed by atoms with van der Waals surface area (Å²) in [6.07, 6.45) is 1.88. The summed E-state index contributed by atoms with van der Waals surface area (Å²) in [5, 5.41) is 11.7. The first-order valence-corrected chi connectivity index (χ1v) is 6.39. The number of nitrogens with zero attached hydrogens (tertiary/aromatic N) is 2. The molecular formula is C16H16N3O+. The van der Waals surface area contributed by atoms with E-state index in [4.69, 9.17) is 5.26 Å². The molecule has 0 radical (unpaired) electrons. The first kappa shape index (κ1) is 13.8. The predicted octanol–water partition coefficient (Wildman–Crippen LogP) is 2.35. The van der Waals surface area contributed by atoms with Gasteiger partial charge in [-0.15, -0.1) is 0 Å². The second-order valence-corrected chi connectivity index (χ2v) is 4.61. The van der Waals surface area contributed by atoms with Crippen molar-refractivity contribution in [3.05, 3.63) is 59.9 Å². The van der Waals surface area contributed by atoms with Gasteiger partial charge in [-0.3, -0.25) is 4.79 Å². The highest BCUT2D eigenvalue weighted by atomic mass is 16.2. The zero-order valence-corrected chi connectivity index (χ0v) is 11.5. The van der Waals surface area contributed by atoms with E-state index < -0.39 is 0 Å². The first-order valence-electron chi connectivity index (χ1n) is 6.39. The van der Waals surface area contributed by atoms with Crippen LogP contribution in [-0.4, -0.2) is 5.91 Å². The second kappa shape index (κ2) is 5.98. The van der Waals surface area contributed by atoms with Crippen molar-refractivity contribution >= 4 is 11.6 Å². The number of carbonyl (C=O) groups is 1. The molecule has 0 aliphatic heterocycles. The SMILES string of the molecule is Cc1cccc[n+]1[C@@H](C)C(=O)Nc1cccc(C#N)c1. The maximum absolute atomic E-state index is 12.2. The fraction of sp³-hybridized carbons (Fsp3) is 0.188. The van der Waals surface area contributed by atoms with Crippen LogP contribution in [0.3, 0.4) is 0 Å². The fourth-order valence-electron chi connectivity index (χ4n) is 2.01. The first-order chi connectivity index (χ1) is 9.61. The van der Waals surface area contributed by atoms with Crippen LogP contribution in [-0.2, 0) is 4.79 Å². The van der Waals surface area contributed by atoms with Crippen LogP contribution in [0.1, 0.15) is 24.2 Å². The number of hydrogen-bond acceptors (Lipinski definition) is 2. The normalized spacial score (nSPS) is 11.4. The summed E-state index contributed by atoms with van der Waals surface area (Å²) in [5.74, 6) is -0.112. The van der Waals surface area contributed by atoms with E-state index in [2.05, 4.69) is 11.4 Å². The van der Waals surface area contributed by atoms with Crippen LogP contribution in [0.5, 0.6) is 0 Å². The van der Waals surface area contributed by atoms with Crippen LogP contribution in [0.25, 0.3) is 0 Å². The Balaban J connectivity index is 2.16. The van der Waals surface area contributed by atoms with Crippen molar-refractivity contribution in [2.45, 2.75) is 19.9 Å². The molecule has 0 spiro atoms. The van der Waals surface area contributed by atoms with E-state index >= 15 is 0 Å². The van der Waals surface area contributed by atoms with Crippen LogP contribution >= 0.6 is 0 Å². The third-order valence-corrected chi connectivity index (χ3v) is 3.16. The largest absolute Gasteiger partial charge is 0.320 e. The van der Waals surface area contributed by atoms with Crippen LogP contribution in [0.15, 0.2) is 48.7 Å². The number of nitrogens with one attached hydrogen (secondary N) is 1. The number of aromatic nitrogens is 1. The molecule has 0 aliphatic rings. The Morgan fingerprint density at radius 3 is 2.80 bits per heavy atom. The lowest BCUT2D eigenvalue weighted by Crippen LogP contribution is -2.46. The van der Waals surface area contributed by atoms with Crippen LogP contribution in [0, 0.1) is 18.3 Å². The second-order valence-electron chi connectivity index (χ2n) is 4.61. The van der Waals surface area contributed by atoms with Gasteiger partial charge in [0.15, 0.2) is 11.9 Å². The number of anilines is 1. The van der Waals surface area contributed by atoms with Crippen molar-refractivity contribution < 1.29 is 9.36 Å². The number of amides is 1. The van der Waals surface area contributed by atoms with Gasteiger partial charge in [-0.25, -0.2) is 0 Å². The summed E-state index contributed by atoms with van der Waals surface area (Å²) in [6, 6.07) is 14.4. The number of benzene rings is 1. The van der Waals surface area contributed by atoms with Crippen molar-refractivity contribution in [1.29, 1.82) is 5.26 Å². The minimum Gasteiger partial charge on any atom is -0.320 e. The number of aryl methyl sites for hydroxylation is 1. The van der Waals surface area contributed by atoms with Gasteiger partial charge in [0.2, 0.25) is 6.04 Å². The molecule has 1 heterocycles. The van der Waals surface area contributed by atoms with Gasteiger partial charge in [-0.2, -0.15) is 9.83 Å².